The van der Waals surface area contributed by atoms with Crippen molar-refractivity contribution in [2.45, 2.75) is 51.9 Å². The van der Waals surface area contributed by atoms with Crippen molar-refractivity contribution in [3.63, 3.8) is 0 Å². The largest absolute Gasteiger partial charge is 0.494 e. The Morgan fingerprint density at radius 2 is 1.57 bits per heavy atom. The summed E-state index contributed by atoms with van der Waals surface area (Å²) in [6, 6.07) is 23.6. The fraction of sp³-hybridized carbons (Fsp3) is 0.286. The first kappa shape index (κ1) is 30.1. The van der Waals surface area contributed by atoms with E-state index in [-0.39, 0.29) is 18.6 Å². The quantitative estimate of drug-likeness (QED) is 0.118. The average Bonchev–Trinajstić information content (AvgIpc) is 3.03. The number of carboxylic acid groups (broad SMARTS) is 1. The molecule has 0 aliphatic carbocycles. The van der Waals surface area contributed by atoms with E-state index >= 15 is 0 Å². The number of carbonyl (C=O) groups excluding carboxylic acids is 1. The number of aliphatic carboxylic acids is 1. The number of ether oxygens (including phenoxy) is 1. The highest BCUT2D eigenvalue weighted by molar-refractivity contribution is 5.98. The molecule has 7 heteroatoms. The summed E-state index contributed by atoms with van der Waals surface area (Å²) >= 11 is 0. The fourth-order valence-electron chi connectivity index (χ4n) is 4.69. The number of nitrogens with zero attached hydrogens (tertiary/aromatic N) is 3. The zero-order chi connectivity index (χ0) is 29.7. The molecule has 0 amide bonds. The summed E-state index contributed by atoms with van der Waals surface area (Å²) in [6.45, 7) is 2.94. The van der Waals surface area contributed by atoms with E-state index in [1.54, 1.807) is 30.6 Å². The summed E-state index contributed by atoms with van der Waals surface area (Å²) < 4.78 is 5.86. The predicted molar refractivity (Wildman–Crippen MR) is 162 cm³/mol. The van der Waals surface area contributed by atoms with Crippen LogP contribution >= 0.6 is 0 Å². The number of carboxylic acids is 1. The van der Waals surface area contributed by atoms with Gasteiger partial charge in [0.15, 0.2) is 11.6 Å². The lowest BCUT2D eigenvalue weighted by molar-refractivity contribution is -0.141. The third-order valence-corrected chi connectivity index (χ3v) is 7.15. The van der Waals surface area contributed by atoms with Crippen molar-refractivity contribution >= 4 is 11.8 Å². The highest BCUT2D eigenvalue weighted by Gasteiger charge is 2.23. The van der Waals surface area contributed by atoms with Crippen molar-refractivity contribution in [1.82, 2.24) is 9.97 Å². The maximum atomic E-state index is 12.7. The topological polar surface area (TPSA) is 113 Å². The van der Waals surface area contributed by atoms with Gasteiger partial charge in [0.05, 0.1) is 24.2 Å². The van der Waals surface area contributed by atoms with Crippen molar-refractivity contribution in [3.8, 4) is 34.3 Å². The molecule has 1 N–H and O–H groups in total. The first-order valence-corrected chi connectivity index (χ1v) is 14.4. The van der Waals surface area contributed by atoms with Gasteiger partial charge < -0.3 is 9.84 Å². The van der Waals surface area contributed by atoms with Gasteiger partial charge in [0.1, 0.15) is 5.75 Å². The van der Waals surface area contributed by atoms with E-state index in [0.29, 0.717) is 17.0 Å². The Kier molecular flexibility index (Phi) is 10.9. The van der Waals surface area contributed by atoms with Crippen LogP contribution in [0.25, 0.3) is 22.5 Å². The molecule has 3 aromatic carbocycles. The highest BCUT2D eigenvalue weighted by atomic mass is 16.5. The van der Waals surface area contributed by atoms with Crippen LogP contribution in [0, 0.1) is 17.2 Å². The molecule has 0 radical (unpaired) electrons. The number of Topliss-reactive ketones (excluding diaryl/α,β-unsaturated/α-hetero) is 1. The zero-order valence-electron chi connectivity index (χ0n) is 23.8. The molecule has 1 heterocycles. The second-order valence-electron chi connectivity index (χ2n) is 10.3. The Bertz CT molecular complexity index is 1510. The normalized spacial score (nSPS) is 11.4. The number of nitriles is 1. The van der Waals surface area contributed by atoms with Crippen LogP contribution in [0.5, 0.6) is 5.75 Å². The van der Waals surface area contributed by atoms with Gasteiger partial charge in [-0.1, -0.05) is 81.1 Å². The lowest BCUT2D eigenvalue weighted by Crippen LogP contribution is -2.20. The van der Waals surface area contributed by atoms with Gasteiger partial charge in [-0.2, -0.15) is 5.26 Å². The van der Waals surface area contributed by atoms with Crippen LogP contribution in [-0.2, 0) is 11.2 Å². The van der Waals surface area contributed by atoms with Crippen molar-refractivity contribution in [3.05, 3.63) is 102 Å². The van der Waals surface area contributed by atoms with Crippen LogP contribution in [0.4, 0.5) is 0 Å². The van der Waals surface area contributed by atoms with Gasteiger partial charge in [0.2, 0.25) is 0 Å². The summed E-state index contributed by atoms with van der Waals surface area (Å²) in [7, 11) is 0. The van der Waals surface area contributed by atoms with Gasteiger partial charge in [0.25, 0.3) is 0 Å². The monoisotopic (exact) mass is 561 g/mol. The Labute approximate surface area is 246 Å². The molecule has 1 atom stereocenters. The molecule has 42 heavy (non-hydrogen) atoms. The lowest BCUT2D eigenvalue weighted by atomic mass is 9.91. The number of hydrogen-bond donors (Lipinski definition) is 1. The first-order chi connectivity index (χ1) is 20.5. The molecule has 0 unspecified atom stereocenters. The van der Waals surface area contributed by atoms with Crippen LogP contribution < -0.4 is 4.74 Å². The van der Waals surface area contributed by atoms with Crippen LogP contribution in [0.3, 0.4) is 0 Å². The van der Waals surface area contributed by atoms with Gasteiger partial charge in [0, 0.05) is 35.5 Å². The van der Waals surface area contributed by atoms with E-state index < -0.39 is 11.9 Å². The van der Waals surface area contributed by atoms with Gasteiger partial charge in [-0.05, 0) is 48.2 Å². The molecule has 0 saturated carbocycles. The first-order valence-electron chi connectivity index (χ1n) is 14.4. The number of rotatable bonds is 15. The maximum Gasteiger partial charge on any atom is 0.307 e. The number of ketones is 1. The molecule has 214 valence electrons. The molecule has 7 nitrogen and oxygen atoms in total. The summed E-state index contributed by atoms with van der Waals surface area (Å²) in [5.41, 5.74) is 4.21. The molecular formula is C35H35N3O4. The Morgan fingerprint density at radius 3 is 2.24 bits per heavy atom. The van der Waals surface area contributed by atoms with E-state index in [9.17, 15) is 14.7 Å². The minimum atomic E-state index is -1.04. The highest BCUT2D eigenvalue weighted by Crippen LogP contribution is 2.24. The van der Waals surface area contributed by atoms with E-state index in [4.69, 9.17) is 10.00 Å². The summed E-state index contributed by atoms with van der Waals surface area (Å²) in [5.74, 6) is -0.799. The second kappa shape index (κ2) is 15.2. The minimum Gasteiger partial charge on any atom is -0.494 e. The fourth-order valence-corrected chi connectivity index (χ4v) is 4.69. The molecule has 0 bridgehead atoms. The summed E-state index contributed by atoms with van der Waals surface area (Å²) in [6.07, 6.45) is 9.66. The van der Waals surface area contributed by atoms with Crippen LogP contribution in [0.1, 0.15) is 66.9 Å². The van der Waals surface area contributed by atoms with E-state index in [0.717, 1.165) is 41.0 Å². The maximum absolute atomic E-state index is 12.7. The number of hydrogen-bond acceptors (Lipinski definition) is 6. The van der Waals surface area contributed by atoms with Crippen LogP contribution in [0.2, 0.25) is 0 Å². The van der Waals surface area contributed by atoms with Crippen molar-refractivity contribution in [2.24, 2.45) is 5.92 Å². The molecule has 4 aromatic rings. The average molecular weight is 562 g/mol. The molecule has 1 aromatic heterocycles. The lowest BCUT2D eigenvalue weighted by Gasteiger charge is -2.12. The molecule has 4 rings (SSSR count). The minimum absolute atomic E-state index is 0.150. The standard InChI is InChI=1S/C35H35N3O4/c1-2-3-4-5-6-18-42-32-16-14-27(15-17-32)31-23-37-34(38-24-31)28-12-10-25(11-13-28)19-30(35(40)41)21-33(39)29-9-7-8-26(20-29)22-36/h7-17,20,23-24,30H,2-6,18-19,21H2,1H3,(H,40,41)/t30-/m1/s1. The molecule has 0 spiro atoms. The SMILES string of the molecule is CCCCCCCOc1ccc(-c2cnc(-c3ccc(C[C@H](CC(=O)c4cccc(C#N)c4)C(=O)O)cc3)nc2)cc1. The molecule has 0 aliphatic rings. The van der Waals surface area contributed by atoms with Crippen LogP contribution in [0.15, 0.2) is 85.2 Å². The summed E-state index contributed by atoms with van der Waals surface area (Å²) in [5, 5.41) is 18.8. The van der Waals surface area contributed by atoms with Crippen molar-refractivity contribution in [2.75, 3.05) is 6.61 Å². The smallest absolute Gasteiger partial charge is 0.307 e. The van der Waals surface area contributed by atoms with Crippen molar-refractivity contribution in [1.29, 1.82) is 5.26 Å². The van der Waals surface area contributed by atoms with Crippen LogP contribution in [-0.4, -0.2) is 33.4 Å². The Hall–Kier alpha value is -4.83. The number of aromatic nitrogens is 2. The molecule has 0 fully saturated rings. The molecule has 0 aliphatic heterocycles. The third-order valence-electron chi connectivity index (χ3n) is 7.15. The Morgan fingerprint density at radius 1 is 0.881 bits per heavy atom. The zero-order valence-corrected chi connectivity index (χ0v) is 23.8. The number of unbranched alkanes of at least 4 members (excludes halogenated alkanes) is 4. The van der Waals surface area contributed by atoms with Crippen molar-refractivity contribution < 1.29 is 19.4 Å². The van der Waals surface area contributed by atoms with E-state index in [2.05, 4.69) is 16.9 Å². The van der Waals surface area contributed by atoms with E-state index in [1.807, 2.05) is 54.6 Å². The number of benzene rings is 3. The van der Waals surface area contributed by atoms with Gasteiger partial charge in [-0.3, -0.25) is 9.59 Å². The number of carbonyl (C=O) groups is 2. The van der Waals surface area contributed by atoms with E-state index in [1.165, 1.54) is 31.7 Å². The van der Waals surface area contributed by atoms with Gasteiger partial charge >= 0.3 is 5.97 Å². The van der Waals surface area contributed by atoms with Gasteiger partial charge in [-0.25, -0.2) is 9.97 Å². The predicted octanol–water partition coefficient (Wildman–Crippen LogP) is 7.55. The van der Waals surface area contributed by atoms with Gasteiger partial charge in [-0.15, -0.1) is 0 Å². The molecule has 0 saturated heterocycles. The molecular weight excluding hydrogens is 526 g/mol. The third kappa shape index (κ3) is 8.58. The second-order valence-corrected chi connectivity index (χ2v) is 10.3. The Balaban J connectivity index is 1.33. The summed E-state index contributed by atoms with van der Waals surface area (Å²) in [4.78, 5) is 33.7.